The van der Waals surface area contributed by atoms with Gasteiger partial charge in [-0.2, -0.15) is 0 Å². The van der Waals surface area contributed by atoms with Crippen LogP contribution in [0.25, 0.3) is 0 Å². The first kappa shape index (κ1) is 9.93. The lowest BCUT2D eigenvalue weighted by Gasteiger charge is -2.40. The van der Waals surface area contributed by atoms with Crippen molar-refractivity contribution in [3.63, 3.8) is 0 Å². The zero-order valence-electron chi connectivity index (χ0n) is 10.7. The second-order valence-electron chi connectivity index (χ2n) is 7.02. The molecule has 0 aromatic carbocycles. The summed E-state index contributed by atoms with van der Waals surface area (Å²) >= 11 is 0. The number of rotatable bonds is 0. The van der Waals surface area contributed by atoms with Crippen LogP contribution in [0.4, 0.5) is 0 Å². The van der Waals surface area contributed by atoms with E-state index in [2.05, 4.69) is 27.7 Å². The highest BCUT2D eigenvalue weighted by Crippen LogP contribution is 2.71. The van der Waals surface area contributed by atoms with Crippen LogP contribution in [-0.2, 0) is 0 Å². The molecule has 84 valence electrons. The van der Waals surface area contributed by atoms with Gasteiger partial charge in [0.05, 0.1) is 0 Å². The van der Waals surface area contributed by atoms with Crippen LogP contribution in [0.1, 0.15) is 59.8 Å². The Hall–Kier alpha value is -0.260. The molecule has 2 bridgehead atoms. The van der Waals surface area contributed by atoms with E-state index in [0.717, 1.165) is 11.8 Å². The lowest BCUT2D eigenvalue weighted by molar-refractivity contribution is 0.190. The molecule has 3 atom stereocenters. The maximum Gasteiger partial charge on any atom is -0.00518 e. The van der Waals surface area contributed by atoms with Gasteiger partial charge in [-0.25, -0.2) is 0 Å². The predicted molar refractivity (Wildman–Crippen MR) is 64.7 cm³/mol. The highest BCUT2D eigenvalue weighted by molar-refractivity contribution is 5.30. The van der Waals surface area contributed by atoms with Gasteiger partial charge in [0, 0.05) is 0 Å². The molecule has 0 amide bonds. The largest absolute Gasteiger partial charge is 0.0738 e. The summed E-state index contributed by atoms with van der Waals surface area (Å²) in [5.74, 6) is 2.07. The average molecular weight is 204 g/mol. The Kier molecular flexibility index (Phi) is 1.79. The second kappa shape index (κ2) is 2.70. The van der Waals surface area contributed by atoms with Gasteiger partial charge < -0.3 is 0 Å². The molecule has 0 aromatic heterocycles. The minimum atomic E-state index is 0.620. The second-order valence-corrected chi connectivity index (χ2v) is 7.02. The Labute approximate surface area is 94.1 Å². The Balaban J connectivity index is 2.11. The van der Waals surface area contributed by atoms with E-state index in [0.29, 0.717) is 10.8 Å². The number of hydrogen-bond donors (Lipinski definition) is 0. The van der Waals surface area contributed by atoms with Crippen LogP contribution in [0.15, 0.2) is 11.1 Å². The molecule has 0 saturated heterocycles. The number of allylic oxidation sites excluding steroid dienone is 2. The molecule has 0 nitrogen and oxygen atoms in total. The molecule has 0 radical (unpaired) electrons. The van der Waals surface area contributed by atoms with Crippen LogP contribution in [0.2, 0.25) is 0 Å². The van der Waals surface area contributed by atoms with Crippen LogP contribution in [0.3, 0.4) is 0 Å². The molecule has 3 aliphatic carbocycles. The molecule has 2 unspecified atom stereocenters. The monoisotopic (exact) mass is 204 g/mol. The van der Waals surface area contributed by atoms with Crippen molar-refractivity contribution in [2.45, 2.75) is 59.8 Å². The molecule has 0 heteroatoms. The lowest BCUT2D eigenvalue weighted by Crippen LogP contribution is -2.29. The minimum absolute atomic E-state index is 0.620. The van der Waals surface area contributed by atoms with E-state index in [1.165, 1.54) is 32.1 Å². The average Bonchev–Trinajstić information content (AvgIpc) is 2.61. The SMILES string of the molecule is CC1=C(C)C23CCC([C@@H]2CC1)C(C)(C)C3. The van der Waals surface area contributed by atoms with Crippen molar-refractivity contribution >= 4 is 0 Å². The van der Waals surface area contributed by atoms with E-state index in [1.54, 1.807) is 11.1 Å². The Bertz CT molecular complexity index is 334. The van der Waals surface area contributed by atoms with Gasteiger partial charge in [0.25, 0.3) is 0 Å². The summed E-state index contributed by atoms with van der Waals surface area (Å²) in [4.78, 5) is 0. The lowest BCUT2D eigenvalue weighted by atomic mass is 9.65. The zero-order chi connectivity index (χ0) is 10.8. The van der Waals surface area contributed by atoms with Gasteiger partial charge in [0.2, 0.25) is 0 Å². The van der Waals surface area contributed by atoms with Crippen molar-refractivity contribution in [2.75, 3.05) is 0 Å². The third kappa shape index (κ3) is 1.04. The van der Waals surface area contributed by atoms with Gasteiger partial charge in [-0.15, -0.1) is 0 Å². The fourth-order valence-corrected chi connectivity index (χ4v) is 5.34. The van der Waals surface area contributed by atoms with Crippen LogP contribution in [0, 0.1) is 22.7 Å². The first-order valence-corrected chi connectivity index (χ1v) is 6.64. The van der Waals surface area contributed by atoms with Crippen LogP contribution < -0.4 is 0 Å². The molecule has 0 N–H and O–H groups in total. The van der Waals surface area contributed by atoms with Crippen molar-refractivity contribution < 1.29 is 0 Å². The topological polar surface area (TPSA) is 0 Å². The molecule has 0 spiro atoms. The van der Waals surface area contributed by atoms with Crippen LogP contribution in [0.5, 0.6) is 0 Å². The van der Waals surface area contributed by atoms with Crippen molar-refractivity contribution in [3.05, 3.63) is 11.1 Å². The molecular formula is C15H24. The van der Waals surface area contributed by atoms with Crippen LogP contribution >= 0.6 is 0 Å². The van der Waals surface area contributed by atoms with Gasteiger partial charge in [-0.1, -0.05) is 25.0 Å². The minimum Gasteiger partial charge on any atom is -0.0738 e. The Morgan fingerprint density at radius 2 is 1.80 bits per heavy atom. The predicted octanol–water partition coefficient (Wildman–Crippen LogP) is 4.56. The summed E-state index contributed by atoms with van der Waals surface area (Å²) in [6, 6.07) is 0. The highest BCUT2D eigenvalue weighted by atomic mass is 14.7. The maximum absolute atomic E-state index is 2.51. The quantitative estimate of drug-likeness (QED) is 0.507. The van der Waals surface area contributed by atoms with Crippen molar-refractivity contribution in [1.29, 1.82) is 0 Å². The Morgan fingerprint density at radius 3 is 2.47 bits per heavy atom. The van der Waals surface area contributed by atoms with E-state index in [-0.39, 0.29) is 0 Å². The molecule has 0 heterocycles. The normalized spacial score (nSPS) is 47.2. The zero-order valence-corrected chi connectivity index (χ0v) is 10.7. The van der Waals surface area contributed by atoms with E-state index in [9.17, 15) is 0 Å². The van der Waals surface area contributed by atoms with Gasteiger partial charge >= 0.3 is 0 Å². The molecule has 3 rings (SSSR count). The van der Waals surface area contributed by atoms with Gasteiger partial charge in [0.1, 0.15) is 0 Å². The van der Waals surface area contributed by atoms with Gasteiger partial charge in [-0.3, -0.25) is 0 Å². The third-order valence-electron chi connectivity index (χ3n) is 6.09. The van der Waals surface area contributed by atoms with Crippen LogP contribution in [-0.4, -0.2) is 0 Å². The van der Waals surface area contributed by atoms with E-state index in [4.69, 9.17) is 0 Å². The molecule has 0 aromatic rings. The summed E-state index contributed by atoms with van der Waals surface area (Å²) in [6.07, 6.45) is 7.33. The van der Waals surface area contributed by atoms with E-state index >= 15 is 0 Å². The molecule has 15 heavy (non-hydrogen) atoms. The Morgan fingerprint density at radius 1 is 1.07 bits per heavy atom. The van der Waals surface area contributed by atoms with Crippen molar-refractivity contribution in [2.24, 2.45) is 22.7 Å². The highest BCUT2D eigenvalue weighted by Gasteiger charge is 2.62. The van der Waals surface area contributed by atoms with E-state index < -0.39 is 0 Å². The summed E-state index contributed by atoms with van der Waals surface area (Å²) in [5, 5.41) is 0. The summed E-state index contributed by atoms with van der Waals surface area (Å²) in [6.45, 7) is 9.84. The molecule has 2 saturated carbocycles. The molecule has 0 aliphatic heterocycles. The standard InChI is InChI=1S/C15H24/c1-10-5-6-13-12-7-8-15(13,11(10)2)9-14(12,3)4/h12-13H,5-9H2,1-4H3/t12?,13-,15?/m0/s1. The van der Waals surface area contributed by atoms with Gasteiger partial charge in [0.15, 0.2) is 0 Å². The number of hydrogen-bond acceptors (Lipinski definition) is 0. The van der Waals surface area contributed by atoms with Crippen molar-refractivity contribution in [3.8, 4) is 0 Å². The fraction of sp³-hybridized carbons (Fsp3) is 0.867. The first-order chi connectivity index (χ1) is 6.97. The van der Waals surface area contributed by atoms with Crippen molar-refractivity contribution in [1.82, 2.24) is 0 Å². The summed E-state index contributed by atoms with van der Waals surface area (Å²) in [5.41, 5.74) is 4.77. The third-order valence-corrected chi connectivity index (χ3v) is 6.09. The molecule has 2 fully saturated rings. The summed E-state index contributed by atoms with van der Waals surface area (Å²) in [7, 11) is 0. The smallest absolute Gasteiger partial charge is 0.00518 e. The van der Waals surface area contributed by atoms with E-state index in [1.807, 2.05) is 0 Å². The van der Waals surface area contributed by atoms with Gasteiger partial charge in [-0.05, 0) is 68.6 Å². The molecule has 3 aliphatic rings. The molecular weight excluding hydrogens is 180 g/mol. The summed E-state index contributed by atoms with van der Waals surface area (Å²) < 4.78 is 0. The maximum atomic E-state index is 2.51. The first-order valence-electron chi connectivity index (χ1n) is 6.64. The fourth-order valence-electron chi connectivity index (χ4n) is 5.34.